The number of morpholine rings is 1. The van der Waals surface area contributed by atoms with Gasteiger partial charge in [0.2, 0.25) is 0 Å². The number of nitrogens with zero attached hydrogens (tertiary/aromatic N) is 5. The molecule has 1 atom stereocenters. The molecular weight excluding hydrogens is 250 g/mol. The Morgan fingerprint density at radius 3 is 3.16 bits per heavy atom. The molecule has 0 aliphatic carbocycles. The highest BCUT2D eigenvalue weighted by molar-refractivity contribution is 5.87. The maximum Gasteiger partial charge on any atom is 0.334 e. The molecule has 8 nitrogen and oxygen atoms in total. The highest BCUT2D eigenvalue weighted by Crippen LogP contribution is 2.23. The van der Waals surface area contributed by atoms with Gasteiger partial charge in [-0.05, 0) is 0 Å². The molecule has 100 valence electrons. The first-order valence-electron chi connectivity index (χ1n) is 5.89. The summed E-state index contributed by atoms with van der Waals surface area (Å²) in [6.07, 6.45) is 2.33. The van der Waals surface area contributed by atoms with Gasteiger partial charge in [0.15, 0.2) is 11.8 Å². The van der Waals surface area contributed by atoms with Gasteiger partial charge in [-0.15, -0.1) is 0 Å². The van der Waals surface area contributed by atoms with Crippen LogP contribution in [0.3, 0.4) is 0 Å². The fraction of sp³-hybridized carbons (Fsp3) is 0.455. The first kappa shape index (κ1) is 11.8. The van der Waals surface area contributed by atoms with Gasteiger partial charge in [0.1, 0.15) is 12.1 Å². The third-order valence-corrected chi connectivity index (χ3v) is 3.15. The van der Waals surface area contributed by atoms with Gasteiger partial charge in [0, 0.05) is 13.6 Å². The number of hydrogen-bond acceptors (Lipinski definition) is 6. The van der Waals surface area contributed by atoms with Crippen LogP contribution in [0.2, 0.25) is 0 Å². The second-order valence-corrected chi connectivity index (χ2v) is 4.35. The van der Waals surface area contributed by atoms with Crippen molar-refractivity contribution >= 4 is 22.8 Å². The molecule has 0 aromatic carbocycles. The normalized spacial score (nSPS) is 19.8. The summed E-state index contributed by atoms with van der Waals surface area (Å²) in [5.41, 5.74) is 0.725. The standard InChI is InChI=1S/C11H13N5O3/c1-15-9-7(4-14-15)10(13-6-12-9)16-2-3-19-8(5-16)11(17)18/h4,6,8H,2-3,5H2,1H3,(H,17,18). The molecular formula is C11H13N5O3. The number of carboxylic acids is 1. The first-order valence-corrected chi connectivity index (χ1v) is 5.89. The van der Waals surface area contributed by atoms with E-state index < -0.39 is 12.1 Å². The minimum atomic E-state index is -0.957. The van der Waals surface area contributed by atoms with Crippen molar-refractivity contribution in [1.29, 1.82) is 0 Å². The van der Waals surface area contributed by atoms with Gasteiger partial charge in [-0.1, -0.05) is 0 Å². The number of aromatic nitrogens is 4. The summed E-state index contributed by atoms with van der Waals surface area (Å²) in [7, 11) is 1.80. The van der Waals surface area contributed by atoms with E-state index in [2.05, 4.69) is 15.1 Å². The summed E-state index contributed by atoms with van der Waals surface area (Å²) >= 11 is 0. The van der Waals surface area contributed by atoms with Crippen LogP contribution >= 0.6 is 0 Å². The van der Waals surface area contributed by atoms with Gasteiger partial charge in [0.05, 0.1) is 24.7 Å². The number of aryl methyl sites for hydroxylation is 1. The van der Waals surface area contributed by atoms with Gasteiger partial charge in [-0.3, -0.25) is 4.68 Å². The Morgan fingerprint density at radius 1 is 1.53 bits per heavy atom. The van der Waals surface area contributed by atoms with Gasteiger partial charge in [-0.2, -0.15) is 5.10 Å². The summed E-state index contributed by atoms with van der Waals surface area (Å²) in [5, 5.41) is 14.0. The molecule has 1 saturated heterocycles. The molecule has 0 saturated carbocycles. The number of aliphatic carboxylic acids is 1. The Kier molecular flexibility index (Phi) is 2.79. The van der Waals surface area contributed by atoms with Crippen LogP contribution in [0.1, 0.15) is 0 Å². The monoisotopic (exact) mass is 263 g/mol. The molecule has 3 rings (SSSR count). The van der Waals surface area contributed by atoms with E-state index in [-0.39, 0.29) is 6.54 Å². The summed E-state index contributed by atoms with van der Waals surface area (Å²) in [5.74, 6) is -0.256. The smallest absolute Gasteiger partial charge is 0.334 e. The molecule has 1 aliphatic rings. The fourth-order valence-corrected chi connectivity index (χ4v) is 2.19. The average molecular weight is 263 g/mol. The summed E-state index contributed by atoms with van der Waals surface area (Å²) in [6, 6.07) is 0. The highest BCUT2D eigenvalue weighted by Gasteiger charge is 2.28. The first-order chi connectivity index (χ1) is 9.16. The van der Waals surface area contributed by atoms with Crippen molar-refractivity contribution < 1.29 is 14.6 Å². The van der Waals surface area contributed by atoms with Crippen molar-refractivity contribution in [2.75, 3.05) is 24.6 Å². The number of hydrogen-bond donors (Lipinski definition) is 1. The van der Waals surface area contributed by atoms with Crippen LogP contribution in [-0.2, 0) is 16.6 Å². The zero-order chi connectivity index (χ0) is 13.4. The summed E-state index contributed by atoms with van der Waals surface area (Å²) < 4.78 is 6.87. The van der Waals surface area contributed by atoms with E-state index >= 15 is 0 Å². The number of anilines is 1. The van der Waals surface area contributed by atoms with Crippen LogP contribution < -0.4 is 4.90 Å². The molecule has 3 heterocycles. The SMILES string of the molecule is Cn1ncc2c(N3CCOC(C(=O)O)C3)ncnc21. The van der Waals surface area contributed by atoms with E-state index in [0.717, 1.165) is 11.0 Å². The third-order valence-electron chi connectivity index (χ3n) is 3.15. The van der Waals surface area contributed by atoms with Crippen LogP contribution in [-0.4, -0.2) is 56.6 Å². The zero-order valence-corrected chi connectivity index (χ0v) is 10.4. The summed E-state index contributed by atoms with van der Waals surface area (Å²) in [4.78, 5) is 21.3. The van der Waals surface area contributed by atoms with Gasteiger partial charge in [-0.25, -0.2) is 14.8 Å². The Balaban J connectivity index is 1.97. The Morgan fingerprint density at radius 2 is 2.37 bits per heavy atom. The Bertz CT molecular complexity index is 626. The molecule has 1 aliphatic heterocycles. The number of fused-ring (bicyclic) bond motifs is 1. The second-order valence-electron chi connectivity index (χ2n) is 4.35. The van der Waals surface area contributed by atoms with Crippen molar-refractivity contribution in [2.45, 2.75) is 6.10 Å². The third kappa shape index (κ3) is 1.99. The van der Waals surface area contributed by atoms with E-state index in [0.29, 0.717) is 19.0 Å². The molecule has 0 bridgehead atoms. The van der Waals surface area contributed by atoms with Crippen LogP contribution in [0.4, 0.5) is 5.82 Å². The van der Waals surface area contributed by atoms with Crippen molar-refractivity contribution in [3.05, 3.63) is 12.5 Å². The second kappa shape index (κ2) is 4.47. The number of carboxylic acid groups (broad SMARTS) is 1. The minimum Gasteiger partial charge on any atom is -0.479 e. The maximum atomic E-state index is 11.0. The molecule has 1 N–H and O–H groups in total. The van der Waals surface area contributed by atoms with Crippen molar-refractivity contribution in [2.24, 2.45) is 7.05 Å². The van der Waals surface area contributed by atoms with Crippen molar-refractivity contribution in [3.8, 4) is 0 Å². The molecule has 0 spiro atoms. The van der Waals surface area contributed by atoms with Crippen LogP contribution in [0.15, 0.2) is 12.5 Å². The fourth-order valence-electron chi connectivity index (χ4n) is 2.19. The largest absolute Gasteiger partial charge is 0.479 e. The van der Waals surface area contributed by atoms with Crippen molar-refractivity contribution in [3.63, 3.8) is 0 Å². The number of carbonyl (C=O) groups is 1. The van der Waals surface area contributed by atoms with Crippen LogP contribution in [0, 0.1) is 0 Å². The predicted molar refractivity (Wildman–Crippen MR) is 65.9 cm³/mol. The molecule has 0 amide bonds. The molecule has 1 fully saturated rings. The van der Waals surface area contributed by atoms with Crippen LogP contribution in [0.25, 0.3) is 11.0 Å². The highest BCUT2D eigenvalue weighted by atomic mass is 16.5. The van der Waals surface area contributed by atoms with Gasteiger partial charge < -0.3 is 14.7 Å². The van der Waals surface area contributed by atoms with E-state index in [1.165, 1.54) is 6.33 Å². The number of rotatable bonds is 2. The summed E-state index contributed by atoms with van der Waals surface area (Å²) in [6.45, 7) is 1.24. The Labute approximate surface area is 108 Å². The van der Waals surface area contributed by atoms with Crippen molar-refractivity contribution in [1.82, 2.24) is 19.7 Å². The van der Waals surface area contributed by atoms with Gasteiger partial charge in [0.25, 0.3) is 0 Å². The van der Waals surface area contributed by atoms with Gasteiger partial charge >= 0.3 is 5.97 Å². The average Bonchev–Trinajstić information content (AvgIpc) is 2.81. The molecule has 2 aromatic rings. The molecule has 8 heteroatoms. The maximum absolute atomic E-state index is 11.0. The molecule has 1 unspecified atom stereocenters. The van der Waals surface area contributed by atoms with Crippen LogP contribution in [0.5, 0.6) is 0 Å². The molecule has 19 heavy (non-hydrogen) atoms. The lowest BCUT2D eigenvalue weighted by Gasteiger charge is -2.31. The lowest BCUT2D eigenvalue weighted by atomic mass is 10.2. The van der Waals surface area contributed by atoms with E-state index in [1.54, 1.807) is 17.9 Å². The lowest BCUT2D eigenvalue weighted by Crippen LogP contribution is -2.46. The van der Waals surface area contributed by atoms with E-state index in [9.17, 15) is 4.79 Å². The number of ether oxygens (including phenoxy) is 1. The predicted octanol–water partition coefficient (Wildman–Crippen LogP) is -0.347. The quantitative estimate of drug-likeness (QED) is 0.791. The molecule has 2 aromatic heterocycles. The van der Waals surface area contributed by atoms with E-state index in [1.807, 2.05) is 4.90 Å². The lowest BCUT2D eigenvalue weighted by molar-refractivity contribution is -0.150. The van der Waals surface area contributed by atoms with E-state index in [4.69, 9.17) is 9.84 Å². The zero-order valence-electron chi connectivity index (χ0n) is 10.4. The topological polar surface area (TPSA) is 93.4 Å². The molecule has 0 radical (unpaired) electrons. The Hall–Kier alpha value is -2.22. The minimum absolute atomic E-state index is 0.274.